The summed E-state index contributed by atoms with van der Waals surface area (Å²) in [4.78, 5) is 13.1. The van der Waals surface area contributed by atoms with E-state index in [1.165, 1.54) is 18.2 Å². The number of nitrogens with zero attached hydrogens (tertiary/aromatic N) is 3. The summed E-state index contributed by atoms with van der Waals surface area (Å²) in [5.74, 6) is -1.16. The van der Waals surface area contributed by atoms with Gasteiger partial charge in [-0.1, -0.05) is 18.2 Å². The maximum absolute atomic E-state index is 11.9. The normalized spacial score (nSPS) is 11.1. The van der Waals surface area contributed by atoms with Gasteiger partial charge in [-0.3, -0.25) is 4.79 Å². The fourth-order valence-corrected chi connectivity index (χ4v) is 1.03. The lowest BCUT2D eigenvalue weighted by atomic mass is 10.2. The van der Waals surface area contributed by atoms with Gasteiger partial charge in [0.05, 0.1) is 0 Å². The minimum atomic E-state index is -4.74. The molecule has 0 unspecified atom stereocenters. The number of alkyl halides is 3. The number of benzene rings is 1. The van der Waals surface area contributed by atoms with Crippen LogP contribution in [0.15, 0.2) is 35.5 Å². The Morgan fingerprint density at radius 1 is 1.33 bits per heavy atom. The van der Waals surface area contributed by atoms with Crippen LogP contribution in [0.25, 0.3) is 16.5 Å². The van der Waals surface area contributed by atoms with E-state index in [0.29, 0.717) is 5.56 Å². The van der Waals surface area contributed by atoms with Crippen LogP contribution in [0.2, 0.25) is 0 Å². The van der Waals surface area contributed by atoms with Gasteiger partial charge >= 0.3 is 6.36 Å². The van der Waals surface area contributed by atoms with E-state index in [1.54, 1.807) is 0 Å². The van der Waals surface area contributed by atoms with Crippen LogP contribution in [-0.4, -0.2) is 12.3 Å². The Kier molecular flexibility index (Phi) is 4.33. The number of hydrogen-bond acceptors (Lipinski definition) is 2. The van der Waals surface area contributed by atoms with Gasteiger partial charge in [-0.2, -0.15) is 0 Å². The highest BCUT2D eigenvalue weighted by Gasteiger charge is 2.30. The highest BCUT2D eigenvalue weighted by Crippen LogP contribution is 2.22. The minimum absolute atomic E-state index is 0.360. The lowest BCUT2D eigenvalue weighted by Gasteiger charge is -2.08. The summed E-state index contributed by atoms with van der Waals surface area (Å²) in [6, 6.07) is 4.85. The molecule has 18 heavy (non-hydrogen) atoms. The van der Waals surface area contributed by atoms with Crippen LogP contribution >= 0.6 is 0 Å². The van der Waals surface area contributed by atoms with Gasteiger partial charge in [-0.25, -0.2) is 0 Å². The van der Waals surface area contributed by atoms with Crippen LogP contribution in [-0.2, 0) is 4.79 Å². The first-order valence-corrected chi connectivity index (χ1v) is 4.53. The summed E-state index contributed by atoms with van der Waals surface area (Å²) < 4.78 is 39.2. The van der Waals surface area contributed by atoms with E-state index < -0.39 is 12.3 Å². The van der Waals surface area contributed by atoms with Gasteiger partial charge in [-0.05, 0) is 34.4 Å². The molecular weight excluding hydrogens is 251 g/mol. The number of carbonyl (C=O) groups is 1. The number of halogens is 3. The zero-order valence-corrected chi connectivity index (χ0v) is 8.76. The topological polar surface area (TPSA) is 75.1 Å². The van der Waals surface area contributed by atoms with E-state index in [1.807, 2.05) is 0 Å². The number of azide groups is 1. The van der Waals surface area contributed by atoms with Crippen molar-refractivity contribution in [3.63, 3.8) is 0 Å². The van der Waals surface area contributed by atoms with Crippen LogP contribution in [0.3, 0.4) is 0 Å². The van der Waals surface area contributed by atoms with Crippen molar-refractivity contribution in [3.05, 3.63) is 46.3 Å². The molecule has 5 nitrogen and oxygen atoms in total. The first-order chi connectivity index (χ1) is 8.40. The van der Waals surface area contributed by atoms with Crippen molar-refractivity contribution < 1.29 is 22.7 Å². The lowest BCUT2D eigenvalue weighted by Crippen LogP contribution is -2.16. The molecule has 8 heteroatoms. The molecule has 0 heterocycles. The molecule has 0 radical (unpaired) electrons. The highest BCUT2D eigenvalue weighted by atomic mass is 19.4. The van der Waals surface area contributed by atoms with Crippen LogP contribution < -0.4 is 4.74 Å². The van der Waals surface area contributed by atoms with Crippen molar-refractivity contribution in [3.8, 4) is 5.75 Å². The van der Waals surface area contributed by atoms with Gasteiger partial charge in [-0.15, -0.1) is 13.2 Å². The zero-order valence-electron chi connectivity index (χ0n) is 8.76. The third-order valence-electron chi connectivity index (χ3n) is 1.68. The van der Waals surface area contributed by atoms with Crippen LogP contribution in [0.5, 0.6) is 5.75 Å². The van der Waals surface area contributed by atoms with Crippen LogP contribution in [0.1, 0.15) is 5.56 Å². The van der Waals surface area contributed by atoms with E-state index >= 15 is 0 Å². The smallest absolute Gasteiger partial charge is 0.406 e. The van der Waals surface area contributed by atoms with E-state index in [0.717, 1.165) is 18.2 Å². The van der Waals surface area contributed by atoms with Gasteiger partial charge in [0, 0.05) is 4.91 Å². The molecule has 0 saturated heterocycles. The third-order valence-corrected chi connectivity index (χ3v) is 1.68. The molecule has 1 aromatic rings. The molecule has 0 saturated carbocycles. The first-order valence-electron chi connectivity index (χ1n) is 4.53. The Morgan fingerprint density at radius 3 is 2.44 bits per heavy atom. The number of amides is 1. The zero-order chi connectivity index (χ0) is 13.6. The molecule has 0 spiro atoms. The van der Waals surface area contributed by atoms with Gasteiger partial charge in [0.15, 0.2) is 0 Å². The van der Waals surface area contributed by atoms with E-state index in [2.05, 4.69) is 14.8 Å². The number of ether oxygens (including phenoxy) is 1. The molecule has 94 valence electrons. The van der Waals surface area contributed by atoms with E-state index in [-0.39, 0.29) is 5.75 Å². The Morgan fingerprint density at radius 2 is 1.94 bits per heavy atom. The largest absolute Gasteiger partial charge is 0.573 e. The monoisotopic (exact) mass is 257 g/mol. The first kappa shape index (κ1) is 13.6. The summed E-state index contributed by atoms with van der Waals surface area (Å²) in [5.41, 5.74) is 8.42. The Balaban J connectivity index is 2.71. The van der Waals surface area contributed by atoms with Crippen molar-refractivity contribution in [2.75, 3.05) is 0 Å². The molecule has 1 rings (SSSR count). The Labute approximate surface area is 99.1 Å². The predicted octanol–water partition coefficient (Wildman–Crippen LogP) is 3.44. The molecule has 0 fully saturated rings. The Bertz CT molecular complexity index is 502. The van der Waals surface area contributed by atoms with Crippen molar-refractivity contribution >= 4 is 12.0 Å². The molecule has 1 aromatic carbocycles. The maximum atomic E-state index is 11.9. The molecule has 1 amide bonds. The second kappa shape index (κ2) is 5.74. The third kappa shape index (κ3) is 5.04. The van der Waals surface area contributed by atoms with Gasteiger partial charge in [0.25, 0.3) is 0 Å². The van der Waals surface area contributed by atoms with Gasteiger partial charge in [0.1, 0.15) is 5.75 Å². The fourth-order valence-electron chi connectivity index (χ4n) is 1.03. The van der Waals surface area contributed by atoms with Crippen LogP contribution in [0, 0.1) is 0 Å². The summed E-state index contributed by atoms with van der Waals surface area (Å²) >= 11 is 0. The van der Waals surface area contributed by atoms with Crippen molar-refractivity contribution in [2.24, 2.45) is 5.11 Å². The molecule has 0 N–H and O–H groups in total. The van der Waals surface area contributed by atoms with Crippen LogP contribution in [0.4, 0.5) is 13.2 Å². The molecule has 0 atom stereocenters. The van der Waals surface area contributed by atoms with Crippen molar-refractivity contribution in [1.29, 1.82) is 0 Å². The standard InChI is InChI=1S/C10H6F3N3O2/c11-10(12,13)18-8-4-1-7(2-5-8)3-6-9(17)15-16-14/h1-6H/b6-3+. The second-order valence-corrected chi connectivity index (χ2v) is 2.98. The van der Waals surface area contributed by atoms with E-state index in [9.17, 15) is 18.0 Å². The summed E-state index contributed by atoms with van der Waals surface area (Å²) in [6.07, 6.45) is -2.44. The molecular formula is C10H6F3N3O2. The Hall–Kier alpha value is -2.47. The average molecular weight is 257 g/mol. The highest BCUT2D eigenvalue weighted by molar-refractivity contribution is 5.92. The van der Waals surface area contributed by atoms with Crippen molar-refractivity contribution in [2.45, 2.75) is 6.36 Å². The van der Waals surface area contributed by atoms with E-state index in [4.69, 9.17) is 5.53 Å². The molecule has 0 aliphatic carbocycles. The van der Waals surface area contributed by atoms with Gasteiger partial charge < -0.3 is 4.74 Å². The summed E-state index contributed by atoms with van der Waals surface area (Å²) in [6.45, 7) is 0. The SMILES string of the molecule is [N-]=[N+]=NC(=O)/C=C/c1ccc(OC(F)(F)F)cc1. The summed E-state index contributed by atoms with van der Waals surface area (Å²) in [7, 11) is 0. The minimum Gasteiger partial charge on any atom is -0.406 e. The fraction of sp³-hybridized carbons (Fsp3) is 0.100. The lowest BCUT2D eigenvalue weighted by molar-refractivity contribution is -0.274. The molecule has 0 bridgehead atoms. The second-order valence-electron chi connectivity index (χ2n) is 2.98. The average Bonchev–Trinajstić information content (AvgIpc) is 2.26. The molecule has 0 aromatic heterocycles. The number of hydrogen-bond donors (Lipinski definition) is 0. The van der Waals surface area contributed by atoms with Crippen molar-refractivity contribution in [1.82, 2.24) is 0 Å². The van der Waals surface area contributed by atoms with Gasteiger partial charge in [0.2, 0.25) is 5.91 Å². The molecule has 0 aliphatic heterocycles. The predicted molar refractivity (Wildman–Crippen MR) is 56.3 cm³/mol. The summed E-state index contributed by atoms with van der Waals surface area (Å²) in [5, 5.41) is 2.79. The quantitative estimate of drug-likeness (QED) is 0.360. The molecule has 0 aliphatic rings. The maximum Gasteiger partial charge on any atom is 0.573 e. The number of carbonyl (C=O) groups excluding carboxylic acids is 1. The number of rotatable bonds is 3.